The lowest BCUT2D eigenvalue weighted by molar-refractivity contribution is -0.129. The number of rotatable bonds is 8. The van der Waals surface area contributed by atoms with Gasteiger partial charge in [0.1, 0.15) is 5.25 Å². The zero-order valence-corrected chi connectivity index (χ0v) is 22.3. The highest BCUT2D eigenvalue weighted by atomic mass is 32.2. The second-order valence-corrected chi connectivity index (χ2v) is 9.67. The molecule has 2 amide bonds. The molecule has 1 aliphatic rings. The van der Waals surface area contributed by atoms with E-state index in [0.29, 0.717) is 34.2 Å². The Morgan fingerprint density at radius 3 is 2.23 bits per heavy atom. The average molecular weight is 546 g/mol. The maximum Gasteiger partial charge on any atom is 0.338 e. The number of benzene rings is 3. The summed E-state index contributed by atoms with van der Waals surface area (Å²) in [5.74, 6) is -1.50. The van der Waals surface area contributed by atoms with Gasteiger partial charge in [0.25, 0.3) is 0 Å². The van der Waals surface area contributed by atoms with Gasteiger partial charge in [-0.3, -0.25) is 14.5 Å². The summed E-state index contributed by atoms with van der Waals surface area (Å²) in [6.07, 6.45) is -0.00953. The molecule has 0 unspecified atom stereocenters. The molecule has 1 aliphatic heterocycles. The average Bonchev–Trinajstić information content (AvgIpc) is 2.95. The number of carbonyl (C=O) groups is 4. The predicted octanol–water partition coefficient (Wildman–Crippen LogP) is 4.81. The van der Waals surface area contributed by atoms with Crippen molar-refractivity contribution in [3.63, 3.8) is 0 Å². The van der Waals surface area contributed by atoms with Crippen molar-refractivity contribution in [1.82, 2.24) is 4.90 Å². The van der Waals surface area contributed by atoms with Gasteiger partial charge in [-0.1, -0.05) is 42.1 Å². The van der Waals surface area contributed by atoms with E-state index in [0.717, 1.165) is 5.56 Å². The van der Waals surface area contributed by atoms with E-state index in [9.17, 15) is 19.2 Å². The Morgan fingerprint density at radius 1 is 0.949 bits per heavy atom. The van der Waals surface area contributed by atoms with E-state index in [4.69, 9.17) is 9.47 Å². The molecule has 0 saturated carbocycles. The van der Waals surface area contributed by atoms with Crippen LogP contribution in [0.2, 0.25) is 0 Å². The molecule has 3 aromatic rings. The van der Waals surface area contributed by atoms with Crippen LogP contribution < -0.4 is 5.32 Å². The van der Waals surface area contributed by atoms with Crippen LogP contribution in [0, 0.1) is 0 Å². The molecule has 9 nitrogen and oxygen atoms in total. The molecule has 3 aromatic carbocycles. The van der Waals surface area contributed by atoms with Gasteiger partial charge in [0.15, 0.2) is 5.17 Å². The van der Waals surface area contributed by atoms with Crippen molar-refractivity contribution in [3.8, 4) is 0 Å². The Hall–Kier alpha value is -4.44. The SMILES string of the molecule is CCOC(=O)c1ccc(N=C2S[C@H](C(=O)Nc3ccc(C(=O)OC)cc3)CC(=O)N2Cc2ccccc2)cc1. The smallest absolute Gasteiger partial charge is 0.338 e. The fourth-order valence-electron chi connectivity index (χ4n) is 3.79. The van der Waals surface area contributed by atoms with Crippen LogP contribution in [0.3, 0.4) is 0 Å². The number of thioether (sulfide) groups is 1. The molecule has 0 spiro atoms. The van der Waals surface area contributed by atoms with Crippen molar-refractivity contribution in [2.24, 2.45) is 4.99 Å². The molecular weight excluding hydrogens is 518 g/mol. The molecule has 0 aromatic heterocycles. The molecule has 4 rings (SSSR count). The number of amides is 2. The number of hydrogen-bond acceptors (Lipinski definition) is 8. The Morgan fingerprint density at radius 2 is 1.59 bits per heavy atom. The fraction of sp³-hybridized carbons (Fsp3) is 0.207. The maximum atomic E-state index is 13.3. The van der Waals surface area contributed by atoms with Gasteiger partial charge in [-0.05, 0) is 61.0 Å². The summed E-state index contributed by atoms with van der Waals surface area (Å²) in [5, 5.41) is 2.46. The monoisotopic (exact) mass is 545 g/mol. The van der Waals surface area contributed by atoms with Gasteiger partial charge in [0, 0.05) is 12.1 Å². The van der Waals surface area contributed by atoms with Crippen LogP contribution >= 0.6 is 11.8 Å². The molecule has 10 heteroatoms. The molecule has 0 bridgehead atoms. The molecular formula is C29H27N3O6S. The molecule has 0 aliphatic carbocycles. The Bertz CT molecular complexity index is 1370. The van der Waals surface area contributed by atoms with Gasteiger partial charge in [-0.15, -0.1) is 0 Å². The molecule has 1 N–H and O–H groups in total. The van der Waals surface area contributed by atoms with Crippen molar-refractivity contribution < 1.29 is 28.7 Å². The minimum atomic E-state index is -0.720. The topological polar surface area (TPSA) is 114 Å². The number of aliphatic imine (C=N–C) groups is 1. The molecule has 39 heavy (non-hydrogen) atoms. The predicted molar refractivity (Wildman–Crippen MR) is 149 cm³/mol. The number of esters is 2. The third-order valence-corrected chi connectivity index (χ3v) is 6.98. The van der Waals surface area contributed by atoms with Crippen LogP contribution in [-0.2, 0) is 25.6 Å². The highest BCUT2D eigenvalue weighted by Gasteiger charge is 2.36. The molecule has 200 valence electrons. The summed E-state index contributed by atoms with van der Waals surface area (Å²) in [6, 6.07) is 22.4. The standard InChI is InChI=1S/C29H27N3O6S/c1-3-38-28(36)21-11-15-23(16-12-21)31-29-32(18-19-7-5-4-6-8-19)25(33)17-24(39-29)26(34)30-22-13-9-20(10-14-22)27(35)37-2/h4-16,24H,3,17-18H2,1-2H3,(H,30,34)/t24-/m0/s1. The van der Waals surface area contributed by atoms with Crippen LogP contribution in [0.15, 0.2) is 83.9 Å². The summed E-state index contributed by atoms with van der Waals surface area (Å²) in [5.41, 5.74) is 2.68. The first-order valence-corrected chi connectivity index (χ1v) is 13.1. The quantitative estimate of drug-likeness (QED) is 0.404. The second kappa shape index (κ2) is 12.9. The minimum absolute atomic E-state index is 0.00953. The summed E-state index contributed by atoms with van der Waals surface area (Å²) in [4.78, 5) is 56.3. The van der Waals surface area contributed by atoms with Crippen LogP contribution in [0.4, 0.5) is 11.4 Å². The van der Waals surface area contributed by atoms with Crippen LogP contribution in [0.25, 0.3) is 0 Å². The van der Waals surface area contributed by atoms with E-state index in [1.807, 2.05) is 30.3 Å². The number of methoxy groups -OCH3 is 1. The van der Waals surface area contributed by atoms with Crippen molar-refractivity contribution >= 4 is 52.1 Å². The van der Waals surface area contributed by atoms with E-state index < -0.39 is 17.2 Å². The number of nitrogens with one attached hydrogen (secondary N) is 1. The van der Waals surface area contributed by atoms with Gasteiger partial charge < -0.3 is 14.8 Å². The first-order valence-electron chi connectivity index (χ1n) is 12.2. The first kappa shape index (κ1) is 27.6. The lowest BCUT2D eigenvalue weighted by Gasteiger charge is -2.32. The maximum absolute atomic E-state index is 13.3. The van der Waals surface area contributed by atoms with Crippen molar-refractivity contribution in [1.29, 1.82) is 0 Å². The number of nitrogens with zero attached hydrogens (tertiary/aromatic N) is 2. The molecule has 1 atom stereocenters. The Labute approximate surface area is 230 Å². The molecule has 1 saturated heterocycles. The summed E-state index contributed by atoms with van der Waals surface area (Å²) in [6.45, 7) is 2.31. The van der Waals surface area contributed by atoms with Crippen LogP contribution in [0.1, 0.15) is 39.6 Å². The number of anilines is 1. The number of hydrogen-bond donors (Lipinski definition) is 1. The number of ether oxygens (including phenoxy) is 2. The highest BCUT2D eigenvalue weighted by molar-refractivity contribution is 8.15. The zero-order chi connectivity index (χ0) is 27.8. The highest BCUT2D eigenvalue weighted by Crippen LogP contribution is 2.31. The molecule has 1 fully saturated rings. The van der Waals surface area contributed by atoms with Crippen molar-refractivity contribution in [3.05, 3.63) is 95.6 Å². The third kappa shape index (κ3) is 7.11. The van der Waals surface area contributed by atoms with Crippen LogP contribution in [-0.4, -0.2) is 52.8 Å². The van der Waals surface area contributed by atoms with E-state index in [2.05, 4.69) is 10.3 Å². The lowest BCUT2D eigenvalue weighted by Crippen LogP contribution is -2.44. The zero-order valence-electron chi connectivity index (χ0n) is 21.5. The van der Waals surface area contributed by atoms with Gasteiger partial charge in [-0.25, -0.2) is 14.6 Å². The number of amidine groups is 1. The molecule has 1 heterocycles. The van der Waals surface area contributed by atoms with Crippen molar-refractivity contribution in [2.45, 2.75) is 25.1 Å². The summed E-state index contributed by atoms with van der Waals surface area (Å²) >= 11 is 1.19. The Balaban J connectivity index is 1.56. The van der Waals surface area contributed by atoms with Crippen molar-refractivity contribution in [2.75, 3.05) is 19.0 Å². The van der Waals surface area contributed by atoms with Gasteiger partial charge in [-0.2, -0.15) is 0 Å². The molecule has 0 radical (unpaired) electrons. The largest absolute Gasteiger partial charge is 0.465 e. The summed E-state index contributed by atoms with van der Waals surface area (Å²) < 4.78 is 9.73. The van der Waals surface area contributed by atoms with E-state index in [-0.39, 0.29) is 24.8 Å². The normalized spacial score (nSPS) is 16.1. The number of carbonyl (C=O) groups excluding carboxylic acids is 4. The van der Waals surface area contributed by atoms with Gasteiger partial charge in [0.2, 0.25) is 11.8 Å². The second-order valence-electron chi connectivity index (χ2n) is 8.50. The Kier molecular flexibility index (Phi) is 9.11. The van der Waals surface area contributed by atoms with E-state index in [1.54, 1.807) is 60.4 Å². The fourth-order valence-corrected chi connectivity index (χ4v) is 4.89. The minimum Gasteiger partial charge on any atom is -0.465 e. The van der Waals surface area contributed by atoms with E-state index >= 15 is 0 Å². The summed E-state index contributed by atoms with van der Waals surface area (Å²) in [7, 11) is 1.30. The van der Waals surface area contributed by atoms with Gasteiger partial charge in [0.05, 0.1) is 37.1 Å². The van der Waals surface area contributed by atoms with E-state index in [1.165, 1.54) is 18.9 Å². The third-order valence-electron chi connectivity index (χ3n) is 5.79. The lowest BCUT2D eigenvalue weighted by atomic mass is 10.2. The van der Waals surface area contributed by atoms with Crippen LogP contribution in [0.5, 0.6) is 0 Å². The first-order chi connectivity index (χ1) is 18.9. The van der Waals surface area contributed by atoms with Gasteiger partial charge >= 0.3 is 11.9 Å².